The minimum absolute atomic E-state index is 0.151. The highest BCUT2D eigenvalue weighted by Gasteiger charge is 2.34. The van der Waals surface area contributed by atoms with Crippen LogP contribution in [0.1, 0.15) is 27.2 Å². The second-order valence-corrected chi connectivity index (χ2v) is 5.20. The first-order valence-corrected chi connectivity index (χ1v) is 6.07. The number of nitrogens with zero attached hydrogens (tertiary/aromatic N) is 1. The standard InChI is InChI=1S/C11H18ClNO4/c1-11(2,3)17-10(15)13-5-4-8(6-13)9(14)16-7-12/h8H,4-7H2,1-3H3/t8-/m0/s1. The molecule has 1 aliphatic heterocycles. The number of hydrogen-bond donors (Lipinski definition) is 0. The zero-order chi connectivity index (χ0) is 13.1. The number of ether oxygens (including phenoxy) is 2. The largest absolute Gasteiger partial charge is 0.449 e. The smallest absolute Gasteiger partial charge is 0.410 e. The Balaban J connectivity index is 2.45. The summed E-state index contributed by atoms with van der Waals surface area (Å²) >= 11 is 5.31. The number of esters is 1. The lowest BCUT2D eigenvalue weighted by Gasteiger charge is -2.24. The summed E-state index contributed by atoms with van der Waals surface area (Å²) in [6.45, 7) is 6.27. The minimum atomic E-state index is -0.522. The van der Waals surface area contributed by atoms with Crippen molar-refractivity contribution in [1.82, 2.24) is 4.90 Å². The van der Waals surface area contributed by atoms with E-state index in [0.29, 0.717) is 19.5 Å². The molecule has 0 aromatic heterocycles. The number of hydrogen-bond acceptors (Lipinski definition) is 4. The molecule has 0 bridgehead atoms. The van der Waals surface area contributed by atoms with Gasteiger partial charge in [-0.2, -0.15) is 0 Å². The maximum atomic E-state index is 11.7. The predicted molar refractivity (Wildman–Crippen MR) is 62.7 cm³/mol. The van der Waals surface area contributed by atoms with Crippen molar-refractivity contribution in [3.63, 3.8) is 0 Å². The second kappa shape index (κ2) is 5.58. The summed E-state index contributed by atoms with van der Waals surface area (Å²) in [7, 11) is 0. The van der Waals surface area contributed by atoms with E-state index in [1.165, 1.54) is 4.90 Å². The Hall–Kier alpha value is -0.970. The first kappa shape index (κ1) is 14.1. The van der Waals surface area contributed by atoms with Crippen LogP contribution in [0.5, 0.6) is 0 Å². The highest BCUT2D eigenvalue weighted by Crippen LogP contribution is 2.20. The number of likely N-dealkylation sites (tertiary alicyclic amines) is 1. The number of halogens is 1. The van der Waals surface area contributed by atoms with Gasteiger partial charge in [-0.15, -0.1) is 0 Å². The molecule has 1 saturated heterocycles. The van der Waals surface area contributed by atoms with Crippen molar-refractivity contribution in [2.45, 2.75) is 32.8 Å². The molecule has 98 valence electrons. The molecule has 1 atom stereocenters. The predicted octanol–water partition coefficient (Wildman–Crippen LogP) is 1.98. The van der Waals surface area contributed by atoms with Crippen LogP contribution >= 0.6 is 11.6 Å². The third-order valence-corrected chi connectivity index (χ3v) is 2.48. The molecule has 0 N–H and O–H groups in total. The van der Waals surface area contributed by atoms with Crippen LogP contribution in [0.15, 0.2) is 0 Å². The average Bonchev–Trinajstić information content (AvgIpc) is 2.63. The summed E-state index contributed by atoms with van der Waals surface area (Å²) in [4.78, 5) is 24.6. The van der Waals surface area contributed by atoms with Gasteiger partial charge in [0.1, 0.15) is 5.60 Å². The maximum Gasteiger partial charge on any atom is 0.410 e. The minimum Gasteiger partial charge on any atom is -0.449 e. The fourth-order valence-electron chi connectivity index (χ4n) is 1.62. The summed E-state index contributed by atoms with van der Waals surface area (Å²) in [6.07, 6.45) is 0.202. The Morgan fingerprint density at radius 1 is 1.41 bits per heavy atom. The first-order chi connectivity index (χ1) is 7.83. The van der Waals surface area contributed by atoms with Crippen molar-refractivity contribution in [2.75, 3.05) is 19.2 Å². The van der Waals surface area contributed by atoms with Gasteiger partial charge in [-0.25, -0.2) is 4.79 Å². The molecule has 1 fully saturated rings. The Kier molecular flexibility index (Phi) is 4.62. The van der Waals surface area contributed by atoms with Crippen molar-refractivity contribution < 1.29 is 19.1 Å². The third kappa shape index (κ3) is 4.42. The van der Waals surface area contributed by atoms with E-state index in [1.807, 2.05) is 0 Å². The summed E-state index contributed by atoms with van der Waals surface area (Å²) in [5.74, 6) is -0.646. The van der Waals surface area contributed by atoms with Gasteiger partial charge in [-0.05, 0) is 27.2 Å². The van der Waals surface area contributed by atoms with E-state index < -0.39 is 11.7 Å². The molecular formula is C11H18ClNO4. The normalized spacial score (nSPS) is 20.2. The topological polar surface area (TPSA) is 55.8 Å². The van der Waals surface area contributed by atoms with E-state index in [-0.39, 0.29) is 18.0 Å². The van der Waals surface area contributed by atoms with Gasteiger partial charge in [0, 0.05) is 13.1 Å². The van der Waals surface area contributed by atoms with Crippen LogP contribution in [-0.4, -0.2) is 41.7 Å². The molecule has 1 aliphatic rings. The van der Waals surface area contributed by atoms with Gasteiger partial charge in [0.15, 0.2) is 6.07 Å². The molecule has 1 heterocycles. The van der Waals surface area contributed by atoms with E-state index in [9.17, 15) is 9.59 Å². The molecule has 6 heteroatoms. The van der Waals surface area contributed by atoms with Gasteiger partial charge < -0.3 is 14.4 Å². The zero-order valence-electron chi connectivity index (χ0n) is 10.4. The summed E-state index contributed by atoms with van der Waals surface area (Å²) in [6, 6.07) is -0.151. The van der Waals surface area contributed by atoms with Crippen molar-refractivity contribution in [2.24, 2.45) is 5.92 Å². The van der Waals surface area contributed by atoms with Crippen LogP contribution in [0, 0.1) is 5.92 Å². The molecule has 0 aromatic rings. The molecule has 0 spiro atoms. The highest BCUT2D eigenvalue weighted by molar-refractivity contribution is 6.17. The van der Waals surface area contributed by atoms with E-state index >= 15 is 0 Å². The number of carbonyl (C=O) groups is 2. The number of amides is 1. The SMILES string of the molecule is CC(C)(C)OC(=O)N1CC[C@H](C(=O)OCCl)C1. The fourth-order valence-corrected chi connectivity index (χ4v) is 1.72. The van der Waals surface area contributed by atoms with Crippen LogP contribution in [0.25, 0.3) is 0 Å². The van der Waals surface area contributed by atoms with Crippen molar-refractivity contribution in [1.29, 1.82) is 0 Å². The van der Waals surface area contributed by atoms with E-state index in [0.717, 1.165) is 0 Å². The second-order valence-electron chi connectivity index (χ2n) is 4.98. The van der Waals surface area contributed by atoms with Gasteiger partial charge in [0.05, 0.1) is 5.92 Å². The molecule has 0 radical (unpaired) electrons. The van der Waals surface area contributed by atoms with Crippen molar-refractivity contribution in [3.8, 4) is 0 Å². The molecule has 1 rings (SSSR count). The number of carbonyl (C=O) groups excluding carboxylic acids is 2. The average molecular weight is 264 g/mol. The molecule has 0 aromatic carbocycles. The Morgan fingerprint density at radius 2 is 2.06 bits per heavy atom. The summed E-state index contributed by atoms with van der Waals surface area (Å²) in [5.41, 5.74) is -0.522. The molecule has 17 heavy (non-hydrogen) atoms. The molecule has 0 aliphatic carbocycles. The molecular weight excluding hydrogens is 246 g/mol. The van der Waals surface area contributed by atoms with Gasteiger partial charge in [-0.3, -0.25) is 4.79 Å². The van der Waals surface area contributed by atoms with Crippen LogP contribution in [-0.2, 0) is 14.3 Å². The van der Waals surface area contributed by atoms with Crippen LogP contribution in [0.4, 0.5) is 4.79 Å². The molecule has 0 saturated carbocycles. The lowest BCUT2D eigenvalue weighted by molar-refractivity contribution is -0.145. The van der Waals surface area contributed by atoms with Crippen molar-refractivity contribution >= 4 is 23.7 Å². The fraction of sp³-hybridized carbons (Fsp3) is 0.818. The van der Waals surface area contributed by atoms with Gasteiger partial charge in [0.25, 0.3) is 0 Å². The molecule has 0 unspecified atom stereocenters. The Labute approximate surface area is 106 Å². The van der Waals surface area contributed by atoms with Crippen molar-refractivity contribution in [3.05, 3.63) is 0 Å². The van der Waals surface area contributed by atoms with Crippen LogP contribution in [0.2, 0.25) is 0 Å². The van der Waals surface area contributed by atoms with E-state index in [2.05, 4.69) is 0 Å². The quantitative estimate of drug-likeness (QED) is 0.565. The van der Waals surface area contributed by atoms with Gasteiger partial charge in [-0.1, -0.05) is 11.6 Å². The zero-order valence-corrected chi connectivity index (χ0v) is 11.1. The maximum absolute atomic E-state index is 11.7. The summed E-state index contributed by atoms with van der Waals surface area (Å²) in [5, 5.41) is 0. The Morgan fingerprint density at radius 3 is 2.59 bits per heavy atom. The number of alkyl halides is 1. The van der Waals surface area contributed by atoms with Crippen LogP contribution < -0.4 is 0 Å². The third-order valence-electron chi connectivity index (χ3n) is 2.37. The van der Waals surface area contributed by atoms with E-state index in [4.69, 9.17) is 21.1 Å². The van der Waals surface area contributed by atoms with Gasteiger partial charge in [0.2, 0.25) is 0 Å². The van der Waals surface area contributed by atoms with Crippen LogP contribution in [0.3, 0.4) is 0 Å². The monoisotopic (exact) mass is 263 g/mol. The Bertz CT molecular complexity index is 300. The molecule has 5 nitrogen and oxygen atoms in total. The lowest BCUT2D eigenvalue weighted by atomic mass is 10.1. The first-order valence-electron chi connectivity index (χ1n) is 5.54. The lowest BCUT2D eigenvalue weighted by Crippen LogP contribution is -2.36. The number of rotatable bonds is 2. The van der Waals surface area contributed by atoms with Gasteiger partial charge >= 0.3 is 12.1 Å². The van der Waals surface area contributed by atoms with E-state index in [1.54, 1.807) is 20.8 Å². The highest BCUT2D eigenvalue weighted by atomic mass is 35.5. The molecule has 1 amide bonds. The summed E-state index contributed by atoms with van der Waals surface area (Å²) < 4.78 is 9.92.